The van der Waals surface area contributed by atoms with E-state index in [-0.39, 0.29) is 5.54 Å². The van der Waals surface area contributed by atoms with Crippen LogP contribution in [0.2, 0.25) is 0 Å². The molecule has 0 spiro atoms. The molecule has 0 aromatic heterocycles. The van der Waals surface area contributed by atoms with Gasteiger partial charge >= 0.3 is 0 Å². The van der Waals surface area contributed by atoms with Gasteiger partial charge in [-0.25, -0.2) is 0 Å². The second kappa shape index (κ2) is 3.00. The average molecular weight is 242 g/mol. The van der Waals surface area contributed by atoms with E-state index in [1.54, 1.807) is 7.11 Å². The number of halogens is 1. The van der Waals surface area contributed by atoms with Crippen LogP contribution in [0.25, 0.3) is 0 Å². The van der Waals surface area contributed by atoms with Crippen molar-refractivity contribution in [3.63, 3.8) is 0 Å². The molecule has 0 saturated heterocycles. The smallest absolute Gasteiger partial charge is 0.125 e. The van der Waals surface area contributed by atoms with Crippen molar-refractivity contribution >= 4 is 15.9 Å². The van der Waals surface area contributed by atoms with Crippen molar-refractivity contribution in [2.24, 2.45) is 5.73 Å². The highest BCUT2D eigenvalue weighted by molar-refractivity contribution is 9.10. The monoisotopic (exact) mass is 241 g/mol. The normalized spacial score (nSPS) is 18.4. The first-order chi connectivity index (χ1) is 6.17. The molecule has 1 saturated carbocycles. The molecule has 13 heavy (non-hydrogen) atoms. The molecule has 0 amide bonds. The lowest BCUT2D eigenvalue weighted by Crippen LogP contribution is -2.20. The Morgan fingerprint density at radius 2 is 2.15 bits per heavy atom. The van der Waals surface area contributed by atoms with Gasteiger partial charge in [-0.1, -0.05) is 22.0 Å². The first kappa shape index (κ1) is 9.03. The maximum absolute atomic E-state index is 6.14. The summed E-state index contributed by atoms with van der Waals surface area (Å²) in [4.78, 5) is 0. The Labute approximate surface area is 86.2 Å². The summed E-state index contributed by atoms with van der Waals surface area (Å²) in [6.45, 7) is 0. The minimum atomic E-state index is -0.147. The Balaban J connectivity index is 2.52. The highest BCUT2D eigenvalue weighted by Gasteiger charge is 2.43. The Bertz CT molecular complexity index is 334. The second-order valence-corrected chi connectivity index (χ2v) is 4.33. The molecule has 1 fully saturated rings. The van der Waals surface area contributed by atoms with E-state index in [2.05, 4.69) is 15.9 Å². The van der Waals surface area contributed by atoms with Gasteiger partial charge in [0, 0.05) is 15.6 Å². The van der Waals surface area contributed by atoms with Gasteiger partial charge < -0.3 is 10.5 Å². The number of rotatable bonds is 2. The number of hydrogen-bond acceptors (Lipinski definition) is 2. The van der Waals surface area contributed by atoms with Crippen molar-refractivity contribution in [3.05, 3.63) is 28.2 Å². The first-order valence-electron chi connectivity index (χ1n) is 4.29. The third-order valence-electron chi connectivity index (χ3n) is 2.48. The van der Waals surface area contributed by atoms with Gasteiger partial charge in [0.2, 0.25) is 0 Å². The maximum atomic E-state index is 6.14. The summed E-state index contributed by atoms with van der Waals surface area (Å²) in [5.74, 6) is 0.884. The maximum Gasteiger partial charge on any atom is 0.125 e. The van der Waals surface area contributed by atoms with Gasteiger partial charge in [-0.3, -0.25) is 0 Å². The van der Waals surface area contributed by atoms with Crippen molar-refractivity contribution in [1.82, 2.24) is 0 Å². The van der Waals surface area contributed by atoms with E-state index in [9.17, 15) is 0 Å². The van der Waals surface area contributed by atoms with E-state index in [4.69, 9.17) is 10.5 Å². The summed E-state index contributed by atoms with van der Waals surface area (Å²) in [6, 6.07) is 5.91. The number of hydrogen-bond donors (Lipinski definition) is 1. The summed E-state index contributed by atoms with van der Waals surface area (Å²) < 4.78 is 6.33. The zero-order valence-corrected chi connectivity index (χ0v) is 9.10. The van der Waals surface area contributed by atoms with Crippen molar-refractivity contribution in [2.45, 2.75) is 18.4 Å². The third-order valence-corrected chi connectivity index (χ3v) is 3.14. The quantitative estimate of drug-likeness (QED) is 0.864. The van der Waals surface area contributed by atoms with Gasteiger partial charge in [0.05, 0.1) is 7.11 Å². The van der Waals surface area contributed by atoms with Crippen LogP contribution in [0.4, 0.5) is 0 Å². The largest absolute Gasteiger partial charge is 0.496 e. The molecule has 3 heteroatoms. The summed E-state index contributed by atoms with van der Waals surface area (Å²) in [5, 5.41) is 0. The van der Waals surface area contributed by atoms with E-state index < -0.39 is 0 Å². The molecule has 2 N–H and O–H groups in total. The van der Waals surface area contributed by atoms with Crippen LogP contribution in [-0.2, 0) is 5.54 Å². The summed E-state index contributed by atoms with van der Waals surface area (Å²) >= 11 is 3.50. The number of ether oxygens (including phenoxy) is 1. The highest BCUT2D eigenvalue weighted by Crippen LogP contribution is 2.49. The SMILES string of the molecule is COc1cccc(Br)c1C1(N)CC1. The summed E-state index contributed by atoms with van der Waals surface area (Å²) in [7, 11) is 1.68. The van der Waals surface area contributed by atoms with Gasteiger partial charge in [-0.2, -0.15) is 0 Å². The average Bonchev–Trinajstić information content (AvgIpc) is 2.84. The lowest BCUT2D eigenvalue weighted by atomic mass is 10.0. The Hall–Kier alpha value is -0.540. The van der Waals surface area contributed by atoms with Gasteiger partial charge in [0.1, 0.15) is 5.75 Å². The van der Waals surface area contributed by atoms with Crippen molar-refractivity contribution in [3.8, 4) is 5.75 Å². The van der Waals surface area contributed by atoms with E-state index in [1.807, 2.05) is 18.2 Å². The zero-order chi connectivity index (χ0) is 9.47. The minimum absolute atomic E-state index is 0.147. The van der Waals surface area contributed by atoms with Crippen LogP contribution in [0.1, 0.15) is 18.4 Å². The number of benzene rings is 1. The van der Waals surface area contributed by atoms with Gasteiger partial charge in [0.15, 0.2) is 0 Å². The molecule has 1 aliphatic rings. The molecule has 0 bridgehead atoms. The van der Waals surface area contributed by atoms with Gasteiger partial charge in [-0.15, -0.1) is 0 Å². The second-order valence-electron chi connectivity index (χ2n) is 3.47. The molecule has 0 radical (unpaired) electrons. The van der Waals surface area contributed by atoms with Gasteiger partial charge in [-0.05, 0) is 25.0 Å². The number of methoxy groups -OCH3 is 1. The molecule has 0 heterocycles. The Morgan fingerprint density at radius 1 is 1.46 bits per heavy atom. The van der Waals surface area contributed by atoms with Crippen LogP contribution in [0.3, 0.4) is 0 Å². The minimum Gasteiger partial charge on any atom is -0.496 e. The Kier molecular flexibility index (Phi) is 2.08. The lowest BCUT2D eigenvalue weighted by molar-refractivity contribution is 0.404. The van der Waals surface area contributed by atoms with E-state index >= 15 is 0 Å². The van der Waals surface area contributed by atoms with Crippen LogP contribution in [0.15, 0.2) is 22.7 Å². The van der Waals surface area contributed by atoms with Gasteiger partial charge in [0.25, 0.3) is 0 Å². The lowest BCUT2D eigenvalue weighted by Gasteiger charge is -2.15. The fourth-order valence-electron chi connectivity index (χ4n) is 1.54. The van der Waals surface area contributed by atoms with Crippen molar-refractivity contribution < 1.29 is 4.74 Å². The van der Waals surface area contributed by atoms with Crippen LogP contribution >= 0.6 is 15.9 Å². The predicted molar refractivity (Wildman–Crippen MR) is 55.8 cm³/mol. The standard InChI is InChI=1S/C10H12BrNO/c1-13-8-4-2-3-7(11)9(8)10(12)5-6-10/h2-4H,5-6,12H2,1H3. The fraction of sp³-hybridized carbons (Fsp3) is 0.400. The molecule has 0 unspecified atom stereocenters. The third kappa shape index (κ3) is 1.46. The van der Waals surface area contributed by atoms with Crippen molar-refractivity contribution in [2.75, 3.05) is 7.11 Å². The predicted octanol–water partition coefficient (Wildman–Crippen LogP) is 2.41. The molecule has 1 aliphatic carbocycles. The summed E-state index contributed by atoms with van der Waals surface area (Å²) in [6.07, 6.45) is 2.10. The molecule has 2 nitrogen and oxygen atoms in total. The molecule has 2 rings (SSSR count). The van der Waals surface area contributed by atoms with Crippen LogP contribution < -0.4 is 10.5 Å². The number of nitrogens with two attached hydrogens (primary N) is 1. The Morgan fingerprint density at radius 3 is 2.69 bits per heavy atom. The van der Waals surface area contributed by atoms with Crippen molar-refractivity contribution in [1.29, 1.82) is 0 Å². The molecule has 0 atom stereocenters. The summed E-state index contributed by atoms with van der Waals surface area (Å²) in [5.41, 5.74) is 7.10. The van der Waals surface area contributed by atoms with Crippen LogP contribution in [-0.4, -0.2) is 7.11 Å². The van der Waals surface area contributed by atoms with Crippen LogP contribution in [0.5, 0.6) is 5.75 Å². The molecule has 1 aromatic carbocycles. The molecule has 1 aromatic rings. The molecule has 0 aliphatic heterocycles. The molecular formula is C10H12BrNO. The fourth-order valence-corrected chi connectivity index (χ4v) is 2.29. The zero-order valence-electron chi connectivity index (χ0n) is 7.51. The first-order valence-corrected chi connectivity index (χ1v) is 5.08. The molecule has 70 valence electrons. The highest BCUT2D eigenvalue weighted by atomic mass is 79.9. The van der Waals surface area contributed by atoms with E-state index in [0.29, 0.717) is 0 Å². The topological polar surface area (TPSA) is 35.2 Å². The van der Waals surface area contributed by atoms with E-state index in [0.717, 1.165) is 28.6 Å². The molecular weight excluding hydrogens is 230 g/mol. The van der Waals surface area contributed by atoms with Crippen LogP contribution in [0, 0.1) is 0 Å². The van der Waals surface area contributed by atoms with E-state index in [1.165, 1.54) is 0 Å².